The Kier molecular flexibility index (Phi) is 3.42. The monoisotopic (exact) mass is 433 g/mol. The lowest BCUT2D eigenvalue weighted by atomic mass is 9.94. The van der Waals surface area contributed by atoms with Crippen molar-refractivity contribution in [2.24, 2.45) is 0 Å². The minimum Gasteiger partial charge on any atom is -0.455 e. The summed E-state index contributed by atoms with van der Waals surface area (Å²) >= 11 is 0. The fraction of sp³-hybridized carbons (Fsp3) is 0. The number of para-hydroxylation sites is 3. The van der Waals surface area contributed by atoms with Crippen LogP contribution in [0.1, 0.15) is 0 Å². The molecular formula is C32H19NO. The van der Waals surface area contributed by atoms with Crippen LogP contribution >= 0.6 is 0 Å². The molecule has 0 atom stereocenters. The molecule has 0 saturated heterocycles. The fourth-order valence-corrected chi connectivity index (χ4v) is 5.74. The summed E-state index contributed by atoms with van der Waals surface area (Å²) in [6, 6.07) is 41.1. The van der Waals surface area contributed by atoms with Gasteiger partial charge in [-0.15, -0.1) is 0 Å². The average Bonchev–Trinajstić information content (AvgIpc) is 3.45. The molecule has 0 N–H and O–H groups in total. The lowest BCUT2D eigenvalue weighted by Gasteiger charge is -2.10. The van der Waals surface area contributed by atoms with Gasteiger partial charge in [-0.25, -0.2) is 0 Å². The fourth-order valence-electron chi connectivity index (χ4n) is 5.74. The van der Waals surface area contributed by atoms with Crippen LogP contribution in [0.15, 0.2) is 120 Å². The molecule has 2 heterocycles. The zero-order valence-corrected chi connectivity index (χ0v) is 18.3. The van der Waals surface area contributed by atoms with Gasteiger partial charge in [0.05, 0.1) is 11.0 Å². The Labute approximate surface area is 195 Å². The van der Waals surface area contributed by atoms with Crippen LogP contribution in [0.3, 0.4) is 0 Å². The van der Waals surface area contributed by atoms with Crippen LogP contribution in [0.25, 0.3) is 71.3 Å². The highest BCUT2D eigenvalue weighted by atomic mass is 16.3. The molecule has 8 rings (SSSR count). The van der Waals surface area contributed by atoms with Crippen molar-refractivity contribution in [3.63, 3.8) is 0 Å². The van der Waals surface area contributed by atoms with Gasteiger partial charge in [0.25, 0.3) is 0 Å². The zero-order valence-electron chi connectivity index (χ0n) is 18.3. The second kappa shape index (κ2) is 6.49. The SMILES string of the molecule is c1ccc(-n2c3cccc4ccc5c(-c6cccc7c6oc6ccccc67)ccc2c5c43)cc1. The highest BCUT2D eigenvalue weighted by Crippen LogP contribution is 2.44. The van der Waals surface area contributed by atoms with Gasteiger partial charge in [-0.05, 0) is 46.7 Å². The smallest absolute Gasteiger partial charge is 0.143 e. The van der Waals surface area contributed by atoms with E-state index in [0.29, 0.717) is 0 Å². The molecule has 0 bridgehead atoms. The number of aromatic nitrogens is 1. The third-order valence-electron chi connectivity index (χ3n) is 7.17. The van der Waals surface area contributed by atoms with Gasteiger partial charge in [0, 0.05) is 32.8 Å². The lowest BCUT2D eigenvalue weighted by molar-refractivity contribution is 0.670. The van der Waals surface area contributed by atoms with Crippen LogP contribution in [-0.4, -0.2) is 4.57 Å². The Hall–Kier alpha value is -4.56. The van der Waals surface area contributed by atoms with Crippen LogP contribution in [-0.2, 0) is 0 Å². The largest absolute Gasteiger partial charge is 0.455 e. The minimum atomic E-state index is 0.929. The molecule has 158 valence electrons. The van der Waals surface area contributed by atoms with Crippen LogP contribution in [0.2, 0.25) is 0 Å². The van der Waals surface area contributed by atoms with E-state index in [0.717, 1.165) is 27.5 Å². The summed E-state index contributed by atoms with van der Waals surface area (Å²) in [7, 11) is 0. The molecule has 0 fully saturated rings. The van der Waals surface area contributed by atoms with Crippen LogP contribution in [0.4, 0.5) is 0 Å². The highest BCUT2D eigenvalue weighted by molar-refractivity contribution is 6.27. The van der Waals surface area contributed by atoms with Crippen molar-refractivity contribution < 1.29 is 4.42 Å². The first-order valence-electron chi connectivity index (χ1n) is 11.6. The molecule has 0 unspecified atom stereocenters. The van der Waals surface area contributed by atoms with Crippen molar-refractivity contribution in [1.82, 2.24) is 4.57 Å². The number of hydrogen-bond donors (Lipinski definition) is 0. The first kappa shape index (κ1) is 17.9. The summed E-state index contributed by atoms with van der Waals surface area (Å²) in [5, 5.41) is 7.47. The second-order valence-electron chi connectivity index (χ2n) is 8.95. The maximum absolute atomic E-state index is 6.40. The minimum absolute atomic E-state index is 0.929. The molecule has 0 spiro atoms. The first-order valence-corrected chi connectivity index (χ1v) is 11.6. The Morgan fingerprint density at radius 3 is 2.21 bits per heavy atom. The lowest BCUT2D eigenvalue weighted by Crippen LogP contribution is -1.92. The van der Waals surface area contributed by atoms with Gasteiger partial charge in [-0.1, -0.05) is 84.9 Å². The van der Waals surface area contributed by atoms with E-state index in [1.807, 2.05) is 12.1 Å². The molecule has 0 saturated carbocycles. The summed E-state index contributed by atoms with van der Waals surface area (Å²) in [6.45, 7) is 0. The topological polar surface area (TPSA) is 18.1 Å². The molecule has 2 nitrogen and oxygen atoms in total. The maximum Gasteiger partial charge on any atom is 0.143 e. The zero-order chi connectivity index (χ0) is 22.2. The summed E-state index contributed by atoms with van der Waals surface area (Å²) in [4.78, 5) is 0. The molecule has 34 heavy (non-hydrogen) atoms. The number of furan rings is 1. The summed E-state index contributed by atoms with van der Waals surface area (Å²) in [5.74, 6) is 0. The summed E-state index contributed by atoms with van der Waals surface area (Å²) < 4.78 is 8.78. The van der Waals surface area contributed by atoms with Gasteiger partial charge in [-0.2, -0.15) is 0 Å². The van der Waals surface area contributed by atoms with E-state index < -0.39 is 0 Å². The predicted octanol–water partition coefficient (Wildman–Crippen LogP) is 8.94. The van der Waals surface area contributed by atoms with Crippen molar-refractivity contribution in [2.75, 3.05) is 0 Å². The van der Waals surface area contributed by atoms with Gasteiger partial charge < -0.3 is 8.98 Å². The van der Waals surface area contributed by atoms with Gasteiger partial charge in [0.15, 0.2) is 0 Å². The third-order valence-corrected chi connectivity index (χ3v) is 7.17. The third kappa shape index (κ3) is 2.24. The van der Waals surface area contributed by atoms with Crippen molar-refractivity contribution in [3.05, 3.63) is 115 Å². The number of rotatable bonds is 2. The Bertz CT molecular complexity index is 2010. The standard InChI is InChI=1S/C32H19NO/c1-2-9-21(10-3-1)33-27-14-6-8-20-16-17-24-22(18-19-28(33)31(24)30(20)27)25-12-7-13-26-23-11-4-5-15-29(23)34-32(25)26/h1-19H. The van der Waals surface area contributed by atoms with Crippen LogP contribution in [0.5, 0.6) is 0 Å². The average molecular weight is 434 g/mol. The van der Waals surface area contributed by atoms with Crippen molar-refractivity contribution in [2.45, 2.75) is 0 Å². The molecule has 2 heteroatoms. The Morgan fingerprint density at radius 2 is 1.26 bits per heavy atom. The molecule has 0 aliphatic heterocycles. The van der Waals surface area contributed by atoms with Gasteiger partial charge >= 0.3 is 0 Å². The van der Waals surface area contributed by atoms with Crippen molar-refractivity contribution in [3.8, 4) is 16.8 Å². The summed E-state index contributed by atoms with van der Waals surface area (Å²) in [6.07, 6.45) is 0. The van der Waals surface area contributed by atoms with E-state index >= 15 is 0 Å². The van der Waals surface area contributed by atoms with E-state index in [4.69, 9.17) is 4.42 Å². The van der Waals surface area contributed by atoms with E-state index in [1.54, 1.807) is 0 Å². The normalized spacial score (nSPS) is 12.1. The highest BCUT2D eigenvalue weighted by Gasteiger charge is 2.20. The van der Waals surface area contributed by atoms with Crippen LogP contribution < -0.4 is 0 Å². The molecule has 0 radical (unpaired) electrons. The Morgan fingerprint density at radius 1 is 0.471 bits per heavy atom. The predicted molar refractivity (Wildman–Crippen MR) is 142 cm³/mol. The second-order valence-corrected chi connectivity index (χ2v) is 8.95. The molecule has 8 aromatic rings. The number of fused-ring (bicyclic) bond motifs is 3. The van der Waals surface area contributed by atoms with Gasteiger partial charge in [0.2, 0.25) is 0 Å². The molecule has 0 aliphatic carbocycles. The van der Waals surface area contributed by atoms with Crippen molar-refractivity contribution in [1.29, 1.82) is 0 Å². The van der Waals surface area contributed by atoms with Gasteiger partial charge in [-0.3, -0.25) is 0 Å². The maximum atomic E-state index is 6.40. The molecule has 0 aliphatic rings. The Balaban J connectivity index is 1.52. The number of benzene rings is 6. The van der Waals surface area contributed by atoms with Crippen molar-refractivity contribution >= 4 is 54.5 Å². The summed E-state index contributed by atoms with van der Waals surface area (Å²) in [5.41, 5.74) is 7.87. The van der Waals surface area contributed by atoms with Crippen LogP contribution in [0, 0.1) is 0 Å². The van der Waals surface area contributed by atoms with E-state index in [2.05, 4.69) is 108 Å². The molecular weight excluding hydrogens is 414 g/mol. The molecule has 6 aromatic carbocycles. The van der Waals surface area contributed by atoms with E-state index in [1.165, 1.54) is 43.8 Å². The quantitative estimate of drug-likeness (QED) is 0.249. The van der Waals surface area contributed by atoms with Gasteiger partial charge in [0.1, 0.15) is 11.2 Å². The number of nitrogens with zero attached hydrogens (tertiary/aromatic N) is 1. The molecule has 2 aromatic heterocycles. The first-order chi connectivity index (χ1) is 16.9. The number of hydrogen-bond acceptors (Lipinski definition) is 1. The molecule has 0 amide bonds. The van der Waals surface area contributed by atoms with E-state index in [-0.39, 0.29) is 0 Å². The van der Waals surface area contributed by atoms with E-state index in [9.17, 15) is 0 Å².